The van der Waals surface area contributed by atoms with E-state index in [0.29, 0.717) is 0 Å². The third-order valence-electron chi connectivity index (χ3n) is 2.34. The molecule has 1 aliphatic rings. The van der Waals surface area contributed by atoms with E-state index in [9.17, 15) is 0 Å². The van der Waals surface area contributed by atoms with Crippen LogP contribution in [0, 0.1) is 5.92 Å². The average Bonchev–Trinajstić information content (AvgIpc) is 2.08. The number of hydrogen-bond acceptors (Lipinski definition) is 1. The summed E-state index contributed by atoms with van der Waals surface area (Å²) < 4.78 is 0. The van der Waals surface area contributed by atoms with Crippen molar-refractivity contribution in [1.82, 2.24) is 5.32 Å². The van der Waals surface area contributed by atoms with Gasteiger partial charge in [0.05, 0.1) is 0 Å². The van der Waals surface area contributed by atoms with E-state index in [-0.39, 0.29) is 0 Å². The van der Waals surface area contributed by atoms with Crippen molar-refractivity contribution in [1.29, 1.82) is 0 Å². The molecule has 1 fully saturated rings. The lowest BCUT2D eigenvalue weighted by atomic mass is 9.87. The van der Waals surface area contributed by atoms with Crippen LogP contribution in [0.25, 0.3) is 0 Å². The Hall–Kier alpha value is -0.0400. The van der Waals surface area contributed by atoms with Crippen molar-refractivity contribution in [2.24, 2.45) is 5.92 Å². The molecule has 1 rings (SSSR count). The van der Waals surface area contributed by atoms with Gasteiger partial charge in [-0.05, 0) is 25.8 Å². The highest BCUT2D eigenvalue weighted by Gasteiger charge is 2.16. The first kappa shape index (κ1) is 11.0. The second-order valence-electron chi connectivity index (χ2n) is 3.26. The number of rotatable bonds is 1. The van der Waals surface area contributed by atoms with Crippen LogP contribution in [0.4, 0.5) is 0 Å². The van der Waals surface area contributed by atoms with E-state index in [4.69, 9.17) is 0 Å². The first-order chi connectivity index (χ1) is 5.33. The molecule has 1 aliphatic carbocycles. The highest BCUT2D eigenvalue weighted by molar-refractivity contribution is 4.73. The molecule has 1 N–H and O–H groups in total. The van der Waals surface area contributed by atoms with Gasteiger partial charge in [-0.2, -0.15) is 0 Å². The molecule has 0 radical (unpaired) electrons. The Balaban J connectivity index is 0.000000461. The van der Waals surface area contributed by atoms with E-state index in [0.717, 1.165) is 12.0 Å². The summed E-state index contributed by atoms with van der Waals surface area (Å²) >= 11 is 0. The van der Waals surface area contributed by atoms with Crippen LogP contribution < -0.4 is 5.32 Å². The zero-order valence-electron chi connectivity index (χ0n) is 8.48. The molecular weight excluding hydrogens is 134 g/mol. The normalized spacial score (nSPS) is 30.5. The highest BCUT2D eigenvalue weighted by atomic mass is 14.9. The van der Waals surface area contributed by atoms with Gasteiger partial charge >= 0.3 is 0 Å². The first-order valence-electron chi connectivity index (χ1n) is 5.00. The third-order valence-corrected chi connectivity index (χ3v) is 2.34. The maximum Gasteiger partial charge on any atom is 0.00666 e. The zero-order chi connectivity index (χ0) is 8.69. The van der Waals surface area contributed by atoms with Crippen LogP contribution in [-0.4, -0.2) is 13.1 Å². The molecule has 0 aromatic rings. The fourth-order valence-corrected chi connectivity index (χ4v) is 1.70. The van der Waals surface area contributed by atoms with E-state index in [2.05, 4.69) is 19.3 Å². The quantitative estimate of drug-likeness (QED) is 0.617. The van der Waals surface area contributed by atoms with Crippen LogP contribution in [0.15, 0.2) is 0 Å². The molecule has 0 aromatic heterocycles. The van der Waals surface area contributed by atoms with Crippen LogP contribution in [0.2, 0.25) is 0 Å². The first-order valence-corrected chi connectivity index (χ1v) is 5.00. The molecule has 1 saturated carbocycles. The predicted molar refractivity (Wildman–Crippen MR) is 51.8 cm³/mol. The minimum absolute atomic E-state index is 0.814. The SMILES string of the molecule is CC.CNC1CCCC(C)C1. The van der Waals surface area contributed by atoms with E-state index in [1.54, 1.807) is 0 Å². The number of hydrogen-bond donors (Lipinski definition) is 1. The summed E-state index contributed by atoms with van der Waals surface area (Å²) in [5.74, 6) is 0.955. The van der Waals surface area contributed by atoms with Crippen LogP contribution in [0.3, 0.4) is 0 Å². The summed E-state index contributed by atoms with van der Waals surface area (Å²) in [7, 11) is 2.07. The summed E-state index contributed by atoms with van der Waals surface area (Å²) in [4.78, 5) is 0. The second-order valence-corrected chi connectivity index (χ2v) is 3.26. The van der Waals surface area contributed by atoms with Crippen LogP contribution in [0.5, 0.6) is 0 Å². The molecule has 2 unspecified atom stereocenters. The fourth-order valence-electron chi connectivity index (χ4n) is 1.70. The fraction of sp³-hybridized carbons (Fsp3) is 1.00. The molecule has 0 aliphatic heterocycles. The predicted octanol–water partition coefficient (Wildman–Crippen LogP) is 2.81. The van der Waals surface area contributed by atoms with Crippen molar-refractivity contribution in [2.45, 2.75) is 52.5 Å². The summed E-state index contributed by atoms with van der Waals surface area (Å²) in [6, 6.07) is 0.814. The standard InChI is InChI=1S/C8H17N.C2H6/c1-7-4-3-5-8(6-7)9-2;1-2/h7-9H,3-6H2,1-2H3;1-2H3. The second kappa shape index (κ2) is 6.66. The maximum atomic E-state index is 3.33. The third kappa shape index (κ3) is 4.41. The van der Waals surface area contributed by atoms with Crippen molar-refractivity contribution >= 4 is 0 Å². The zero-order valence-corrected chi connectivity index (χ0v) is 8.48. The lowest BCUT2D eigenvalue weighted by Crippen LogP contribution is -2.30. The highest BCUT2D eigenvalue weighted by Crippen LogP contribution is 2.22. The summed E-state index contributed by atoms with van der Waals surface area (Å²) in [6.45, 7) is 6.35. The Morgan fingerprint density at radius 2 is 1.82 bits per heavy atom. The Labute approximate surface area is 71.6 Å². The summed E-state index contributed by atoms with van der Waals surface area (Å²) in [5.41, 5.74) is 0. The van der Waals surface area contributed by atoms with Gasteiger partial charge in [-0.1, -0.05) is 33.6 Å². The van der Waals surface area contributed by atoms with Crippen molar-refractivity contribution in [3.05, 3.63) is 0 Å². The van der Waals surface area contributed by atoms with Gasteiger partial charge in [-0.3, -0.25) is 0 Å². The van der Waals surface area contributed by atoms with Crippen LogP contribution >= 0.6 is 0 Å². The molecule has 1 nitrogen and oxygen atoms in total. The molecule has 0 spiro atoms. The minimum Gasteiger partial charge on any atom is -0.317 e. The van der Waals surface area contributed by atoms with E-state index in [1.165, 1.54) is 25.7 Å². The Morgan fingerprint density at radius 3 is 2.18 bits per heavy atom. The van der Waals surface area contributed by atoms with E-state index in [1.807, 2.05) is 13.8 Å². The van der Waals surface area contributed by atoms with Crippen molar-refractivity contribution in [3.8, 4) is 0 Å². The van der Waals surface area contributed by atoms with Crippen LogP contribution in [-0.2, 0) is 0 Å². The van der Waals surface area contributed by atoms with Gasteiger partial charge in [0.1, 0.15) is 0 Å². The molecule has 11 heavy (non-hydrogen) atoms. The van der Waals surface area contributed by atoms with E-state index < -0.39 is 0 Å². The molecule has 68 valence electrons. The minimum atomic E-state index is 0.814. The largest absolute Gasteiger partial charge is 0.317 e. The van der Waals surface area contributed by atoms with Crippen molar-refractivity contribution < 1.29 is 0 Å². The van der Waals surface area contributed by atoms with Gasteiger partial charge in [0.15, 0.2) is 0 Å². The molecule has 0 bridgehead atoms. The van der Waals surface area contributed by atoms with E-state index >= 15 is 0 Å². The topological polar surface area (TPSA) is 12.0 Å². The maximum absolute atomic E-state index is 3.33. The Morgan fingerprint density at radius 1 is 1.18 bits per heavy atom. The molecule has 2 atom stereocenters. The average molecular weight is 157 g/mol. The number of nitrogens with one attached hydrogen (secondary N) is 1. The van der Waals surface area contributed by atoms with Gasteiger partial charge in [-0.25, -0.2) is 0 Å². The Kier molecular flexibility index (Phi) is 6.63. The summed E-state index contributed by atoms with van der Waals surface area (Å²) in [5, 5.41) is 3.33. The van der Waals surface area contributed by atoms with Gasteiger partial charge in [0.25, 0.3) is 0 Å². The lowest BCUT2D eigenvalue weighted by molar-refractivity contribution is 0.314. The van der Waals surface area contributed by atoms with Crippen molar-refractivity contribution in [2.75, 3.05) is 7.05 Å². The lowest BCUT2D eigenvalue weighted by Gasteiger charge is -2.25. The van der Waals surface area contributed by atoms with Gasteiger partial charge < -0.3 is 5.32 Å². The van der Waals surface area contributed by atoms with Gasteiger partial charge in [0, 0.05) is 6.04 Å². The Bertz CT molecular complexity index is 80.9. The van der Waals surface area contributed by atoms with Gasteiger partial charge in [-0.15, -0.1) is 0 Å². The molecule has 0 amide bonds. The molecule has 0 heterocycles. The van der Waals surface area contributed by atoms with Gasteiger partial charge in [0.2, 0.25) is 0 Å². The summed E-state index contributed by atoms with van der Waals surface area (Å²) in [6.07, 6.45) is 5.64. The smallest absolute Gasteiger partial charge is 0.00666 e. The molecular formula is C10H23N. The van der Waals surface area contributed by atoms with Crippen LogP contribution in [0.1, 0.15) is 46.5 Å². The molecule has 1 heteroatoms. The van der Waals surface area contributed by atoms with Crippen molar-refractivity contribution in [3.63, 3.8) is 0 Å². The molecule has 0 aromatic carbocycles. The molecule has 0 saturated heterocycles. The monoisotopic (exact) mass is 157 g/mol.